The van der Waals surface area contributed by atoms with Crippen LogP contribution in [0.1, 0.15) is 35.3 Å². The van der Waals surface area contributed by atoms with Crippen LogP contribution in [-0.2, 0) is 21.9 Å². The van der Waals surface area contributed by atoms with Crippen molar-refractivity contribution in [2.45, 2.75) is 46.4 Å². The molecule has 136 valence electrons. The van der Waals surface area contributed by atoms with Crippen LogP contribution in [0.15, 0.2) is 10.8 Å². The van der Waals surface area contributed by atoms with Gasteiger partial charge in [-0.1, -0.05) is 0 Å². The molecular weight excluding hydrogens is 366 g/mol. The second-order valence-corrected chi connectivity index (χ2v) is 7.21. The molecule has 0 aromatic carbocycles. The predicted octanol–water partition coefficient (Wildman–Crippen LogP) is 4.13. The number of ether oxygens (including phenoxy) is 2. The standard InChI is InChI=1S/C11H20N2O2S.C5H6ClNS/c1-4-14-11(15-5-2)7-12-6-10-8-16-9(3)13-10;1-4-7-5(2-6)3-8-4/h8,11-12H,4-7H2,1-3H3;3H,2H2,1H3. The van der Waals surface area contributed by atoms with Crippen molar-refractivity contribution in [3.8, 4) is 0 Å². The van der Waals surface area contributed by atoms with Gasteiger partial charge in [-0.25, -0.2) is 9.97 Å². The summed E-state index contributed by atoms with van der Waals surface area (Å²) in [5.41, 5.74) is 2.06. The molecular formula is C16H26ClN3O2S2. The molecule has 2 aromatic heterocycles. The number of nitrogens with one attached hydrogen (secondary N) is 1. The van der Waals surface area contributed by atoms with E-state index in [-0.39, 0.29) is 6.29 Å². The second kappa shape index (κ2) is 12.7. The number of aromatic nitrogens is 2. The van der Waals surface area contributed by atoms with E-state index in [4.69, 9.17) is 21.1 Å². The van der Waals surface area contributed by atoms with E-state index >= 15 is 0 Å². The Morgan fingerprint density at radius 2 is 1.58 bits per heavy atom. The lowest BCUT2D eigenvalue weighted by molar-refractivity contribution is -0.133. The van der Waals surface area contributed by atoms with Crippen molar-refractivity contribution in [1.82, 2.24) is 15.3 Å². The third-order valence-electron chi connectivity index (χ3n) is 2.79. The molecule has 2 heterocycles. The van der Waals surface area contributed by atoms with Gasteiger partial charge in [-0.2, -0.15) is 0 Å². The molecule has 0 spiro atoms. The molecule has 0 amide bonds. The Morgan fingerprint density at radius 3 is 1.96 bits per heavy atom. The summed E-state index contributed by atoms with van der Waals surface area (Å²) in [6.45, 7) is 10.7. The molecule has 0 aliphatic carbocycles. The molecule has 0 radical (unpaired) electrons. The SMILES string of the molecule is CCOC(CNCc1csc(C)n1)OCC.Cc1nc(CCl)cs1. The summed E-state index contributed by atoms with van der Waals surface area (Å²) in [6.07, 6.45) is -0.158. The molecule has 0 atom stereocenters. The summed E-state index contributed by atoms with van der Waals surface area (Å²) >= 11 is 8.79. The van der Waals surface area contributed by atoms with Crippen molar-refractivity contribution in [1.29, 1.82) is 0 Å². The molecule has 2 rings (SSSR count). The molecule has 0 aliphatic heterocycles. The number of aryl methyl sites for hydroxylation is 2. The van der Waals surface area contributed by atoms with E-state index in [1.807, 2.05) is 33.1 Å². The number of rotatable bonds is 9. The molecule has 2 aromatic rings. The normalized spacial score (nSPS) is 10.8. The predicted molar refractivity (Wildman–Crippen MR) is 102 cm³/mol. The highest BCUT2D eigenvalue weighted by Gasteiger charge is 2.07. The second-order valence-electron chi connectivity index (χ2n) is 4.82. The summed E-state index contributed by atoms with van der Waals surface area (Å²) in [6, 6.07) is 0. The highest BCUT2D eigenvalue weighted by molar-refractivity contribution is 7.09. The zero-order valence-corrected chi connectivity index (χ0v) is 17.1. The van der Waals surface area contributed by atoms with E-state index in [1.54, 1.807) is 22.7 Å². The van der Waals surface area contributed by atoms with Crippen LogP contribution in [-0.4, -0.2) is 36.0 Å². The highest BCUT2D eigenvalue weighted by atomic mass is 35.5. The van der Waals surface area contributed by atoms with Crippen LogP contribution >= 0.6 is 34.3 Å². The summed E-state index contributed by atoms with van der Waals surface area (Å²) in [5, 5.41) is 9.51. The molecule has 0 aliphatic rings. The van der Waals surface area contributed by atoms with Gasteiger partial charge >= 0.3 is 0 Å². The monoisotopic (exact) mass is 391 g/mol. The van der Waals surface area contributed by atoms with Gasteiger partial charge in [0.15, 0.2) is 6.29 Å². The number of hydrogen-bond donors (Lipinski definition) is 1. The van der Waals surface area contributed by atoms with Crippen LogP contribution < -0.4 is 5.32 Å². The average Bonchev–Trinajstić information content (AvgIpc) is 3.17. The maximum Gasteiger partial charge on any atom is 0.169 e. The molecule has 24 heavy (non-hydrogen) atoms. The van der Waals surface area contributed by atoms with E-state index in [0.29, 0.717) is 25.6 Å². The number of thiazole rings is 2. The smallest absolute Gasteiger partial charge is 0.169 e. The lowest BCUT2D eigenvalue weighted by Gasteiger charge is -2.16. The topological polar surface area (TPSA) is 56.3 Å². The van der Waals surface area contributed by atoms with E-state index in [0.717, 1.165) is 27.9 Å². The zero-order valence-electron chi connectivity index (χ0n) is 14.7. The van der Waals surface area contributed by atoms with E-state index in [1.165, 1.54) is 0 Å². The van der Waals surface area contributed by atoms with Crippen LogP contribution in [0.2, 0.25) is 0 Å². The van der Waals surface area contributed by atoms with Gasteiger partial charge in [-0.05, 0) is 27.7 Å². The van der Waals surface area contributed by atoms with Gasteiger partial charge in [-0.3, -0.25) is 0 Å². The van der Waals surface area contributed by atoms with Gasteiger partial charge in [0, 0.05) is 37.1 Å². The number of alkyl halides is 1. The molecule has 0 fully saturated rings. The molecule has 1 N–H and O–H groups in total. The molecule has 8 heteroatoms. The van der Waals surface area contributed by atoms with Gasteiger partial charge in [-0.15, -0.1) is 34.3 Å². The van der Waals surface area contributed by atoms with E-state index < -0.39 is 0 Å². The lowest BCUT2D eigenvalue weighted by Crippen LogP contribution is -2.31. The quantitative estimate of drug-likeness (QED) is 0.514. The van der Waals surface area contributed by atoms with Crippen molar-refractivity contribution in [3.63, 3.8) is 0 Å². The first-order valence-electron chi connectivity index (χ1n) is 7.90. The third kappa shape index (κ3) is 9.05. The van der Waals surface area contributed by atoms with Crippen molar-refractivity contribution in [2.75, 3.05) is 19.8 Å². The summed E-state index contributed by atoms with van der Waals surface area (Å²) in [7, 11) is 0. The van der Waals surface area contributed by atoms with Gasteiger partial charge in [0.05, 0.1) is 27.3 Å². The summed E-state index contributed by atoms with van der Waals surface area (Å²) in [5.74, 6) is 0.532. The lowest BCUT2D eigenvalue weighted by atomic mass is 10.4. The van der Waals surface area contributed by atoms with Crippen LogP contribution in [0.4, 0.5) is 0 Å². The Morgan fingerprint density at radius 1 is 1.04 bits per heavy atom. The number of halogens is 1. The Labute approximate surface area is 157 Å². The maximum atomic E-state index is 5.48. The first-order chi connectivity index (χ1) is 11.6. The Bertz CT molecular complexity index is 557. The Kier molecular flexibility index (Phi) is 11.4. The van der Waals surface area contributed by atoms with Crippen LogP contribution in [0.5, 0.6) is 0 Å². The molecule has 0 saturated heterocycles. The maximum absolute atomic E-state index is 5.48. The van der Waals surface area contributed by atoms with Crippen LogP contribution in [0.25, 0.3) is 0 Å². The number of hydrogen-bond acceptors (Lipinski definition) is 7. The third-order valence-corrected chi connectivity index (χ3v) is 4.71. The van der Waals surface area contributed by atoms with E-state index in [2.05, 4.69) is 20.7 Å². The minimum absolute atomic E-state index is 0.158. The largest absolute Gasteiger partial charge is 0.352 e. The fourth-order valence-corrected chi connectivity index (χ4v) is 3.27. The fraction of sp³-hybridized carbons (Fsp3) is 0.625. The van der Waals surface area contributed by atoms with Gasteiger partial charge in [0.2, 0.25) is 0 Å². The van der Waals surface area contributed by atoms with Gasteiger partial charge in [0.1, 0.15) is 0 Å². The average molecular weight is 392 g/mol. The highest BCUT2D eigenvalue weighted by Crippen LogP contribution is 2.09. The van der Waals surface area contributed by atoms with Crippen molar-refractivity contribution in [2.24, 2.45) is 0 Å². The van der Waals surface area contributed by atoms with Gasteiger partial charge in [0.25, 0.3) is 0 Å². The summed E-state index contributed by atoms with van der Waals surface area (Å²) < 4.78 is 10.8. The van der Waals surface area contributed by atoms with Crippen LogP contribution in [0, 0.1) is 13.8 Å². The molecule has 5 nitrogen and oxygen atoms in total. The zero-order chi connectivity index (χ0) is 17.8. The fourth-order valence-electron chi connectivity index (χ4n) is 1.81. The van der Waals surface area contributed by atoms with Crippen molar-refractivity contribution >= 4 is 34.3 Å². The Balaban J connectivity index is 0.000000300. The molecule has 0 bridgehead atoms. The van der Waals surface area contributed by atoms with Gasteiger partial charge < -0.3 is 14.8 Å². The van der Waals surface area contributed by atoms with Crippen LogP contribution in [0.3, 0.4) is 0 Å². The van der Waals surface area contributed by atoms with E-state index in [9.17, 15) is 0 Å². The Hall–Kier alpha value is -0.570. The van der Waals surface area contributed by atoms with Crippen molar-refractivity contribution < 1.29 is 9.47 Å². The minimum Gasteiger partial charge on any atom is -0.352 e. The summed E-state index contributed by atoms with van der Waals surface area (Å²) in [4.78, 5) is 8.49. The molecule has 0 saturated carbocycles. The first kappa shape index (κ1) is 21.5. The minimum atomic E-state index is -0.158. The number of nitrogens with zero attached hydrogens (tertiary/aromatic N) is 2. The molecule has 0 unspecified atom stereocenters. The van der Waals surface area contributed by atoms with Crippen molar-refractivity contribution in [3.05, 3.63) is 32.2 Å². The first-order valence-corrected chi connectivity index (χ1v) is 10.2.